The van der Waals surface area contributed by atoms with Gasteiger partial charge in [-0.1, -0.05) is 204 Å². The van der Waals surface area contributed by atoms with Crippen molar-refractivity contribution in [3.8, 4) is 0 Å². The average molecular weight is 614 g/mol. The van der Waals surface area contributed by atoms with Crippen LogP contribution >= 0.6 is 0 Å². The maximum atomic E-state index is 2.74. The first-order valence-corrected chi connectivity index (χ1v) is 20.0. The second-order valence-electron chi connectivity index (χ2n) is 14.2. The molecule has 0 aromatic heterocycles. The van der Waals surface area contributed by atoms with E-state index in [0.717, 1.165) is 0 Å². The van der Waals surface area contributed by atoms with E-state index in [-0.39, 0.29) is 0 Å². The lowest BCUT2D eigenvalue weighted by Gasteiger charge is -2.27. The van der Waals surface area contributed by atoms with Crippen LogP contribution < -0.4 is 4.90 Å². The molecule has 3 aromatic rings. The van der Waals surface area contributed by atoms with Gasteiger partial charge in [-0.25, -0.2) is 0 Å². The van der Waals surface area contributed by atoms with E-state index in [0.29, 0.717) is 0 Å². The van der Waals surface area contributed by atoms with Crippen LogP contribution in [0.5, 0.6) is 0 Å². The van der Waals surface area contributed by atoms with E-state index in [9.17, 15) is 0 Å². The van der Waals surface area contributed by atoms with E-state index >= 15 is 0 Å². The van der Waals surface area contributed by atoms with Gasteiger partial charge >= 0.3 is 0 Å². The molecule has 0 unspecified atom stereocenters. The monoisotopic (exact) mass is 614 g/mol. The quantitative estimate of drug-likeness (QED) is 0.0556. The van der Waals surface area contributed by atoms with E-state index in [1.165, 1.54) is 207 Å². The minimum atomic E-state index is 1.20. The Morgan fingerprint density at radius 1 is 0.356 bits per heavy atom. The Hall–Kier alpha value is -2.02. The molecule has 0 fully saturated rings. The number of benzene rings is 3. The molecule has 45 heavy (non-hydrogen) atoms. The van der Waals surface area contributed by atoms with Crippen LogP contribution in [0.3, 0.4) is 0 Å². The second kappa shape index (κ2) is 25.1. The van der Waals surface area contributed by atoms with Crippen LogP contribution in [0.15, 0.2) is 54.6 Å². The lowest BCUT2D eigenvalue weighted by Crippen LogP contribution is -2.26. The van der Waals surface area contributed by atoms with Crippen LogP contribution in [0.1, 0.15) is 181 Å². The predicted octanol–water partition coefficient (Wildman–Crippen LogP) is 15.0. The number of hydrogen-bond acceptors (Lipinski definition) is 1. The lowest BCUT2D eigenvalue weighted by molar-refractivity contribution is 0.527. The highest BCUT2D eigenvalue weighted by Gasteiger charge is 2.11. The molecule has 0 N–H and O–H groups in total. The summed E-state index contributed by atoms with van der Waals surface area (Å²) < 4.78 is 0. The number of unbranched alkanes of at least 4 members (excludes halogenated alkanes) is 24. The normalized spacial score (nSPS) is 11.6. The number of anilines is 1. The topological polar surface area (TPSA) is 3.24 Å². The summed E-state index contributed by atoms with van der Waals surface area (Å²) >= 11 is 0. The van der Waals surface area contributed by atoms with Gasteiger partial charge in [-0.05, 0) is 47.2 Å². The Balaban J connectivity index is 1.37. The van der Waals surface area contributed by atoms with Crippen molar-refractivity contribution in [2.24, 2.45) is 0 Å². The fourth-order valence-corrected chi connectivity index (χ4v) is 7.22. The maximum Gasteiger partial charge on any atom is 0.0446 e. The molecule has 0 aliphatic carbocycles. The first kappa shape index (κ1) is 37.4. The van der Waals surface area contributed by atoms with Crippen molar-refractivity contribution >= 4 is 27.2 Å². The van der Waals surface area contributed by atoms with Gasteiger partial charge in [-0.2, -0.15) is 0 Å². The van der Waals surface area contributed by atoms with Gasteiger partial charge < -0.3 is 4.90 Å². The molecule has 0 saturated carbocycles. The van der Waals surface area contributed by atoms with Gasteiger partial charge in [-0.3, -0.25) is 0 Å². The van der Waals surface area contributed by atoms with E-state index in [1.54, 1.807) is 0 Å². The van der Waals surface area contributed by atoms with Crippen molar-refractivity contribution in [3.63, 3.8) is 0 Å². The third-order valence-corrected chi connectivity index (χ3v) is 10.1. The molecular weight excluding hydrogens is 542 g/mol. The van der Waals surface area contributed by atoms with Crippen molar-refractivity contribution in [1.82, 2.24) is 0 Å². The SMILES string of the molecule is CCCCCCCCCCCCCCCCCCN(CCCCCCCCCCCC)c1cccc2cc3ccccc3cc12. The van der Waals surface area contributed by atoms with Gasteiger partial charge in [-0.15, -0.1) is 0 Å². The smallest absolute Gasteiger partial charge is 0.0446 e. The Labute approximate surface area is 280 Å². The van der Waals surface area contributed by atoms with Crippen molar-refractivity contribution < 1.29 is 0 Å². The first-order chi connectivity index (χ1) is 22.3. The number of fused-ring (bicyclic) bond motifs is 2. The van der Waals surface area contributed by atoms with Gasteiger partial charge in [0.15, 0.2) is 0 Å². The zero-order chi connectivity index (χ0) is 31.6. The van der Waals surface area contributed by atoms with Gasteiger partial charge in [0, 0.05) is 24.2 Å². The van der Waals surface area contributed by atoms with Crippen molar-refractivity contribution in [3.05, 3.63) is 54.6 Å². The molecule has 0 aliphatic rings. The van der Waals surface area contributed by atoms with Crippen LogP contribution in [0.4, 0.5) is 5.69 Å². The van der Waals surface area contributed by atoms with Crippen LogP contribution in [-0.4, -0.2) is 13.1 Å². The standard InChI is InChI=1S/C44H71N/c1-3-5-7-9-11-13-15-16-17-18-19-20-22-24-26-30-37-45(36-29-25-23-21-14-12-10-8-6-4-2)44-35-31-34-42-38-40-32-27-28-33-41(40)39-43(42)44/h27-28,31-35,38-39H,3-26,29-30,36-37H2,1-2H3. The average Bonchev–Trinajstić information content (AvgIpc) is 3.06. The zero-order valence-electron chi connectivity index (χ0n) is 29.9. The largest absolute Gasteiger partial charge is 0.371 e. The van der Waals surface area contributed by atoms with E-state index < -0.39 is 0 Å². The summed E-state index contributed by atoms with van der Waals surface area (Å²) in [4.78, 5) is 2.74. The van der Waals surface area contributed by atoms with Crippen LogP contribution in [0, 0.1) is 0 Å². The molecule has 0 spiro atoms. The number of nitrogens with zero attached hydrogens (tertiary/aromatic N) is 1. The summed E-state index contributed by atoms with van der Waals surface area (Å²) in [6.45, 7) is 7.01. The highest BCUT2D eigenvalue weighted by atomic mass is 15.1. The van der Waals surface area contributed by atoms with Gasteiger partial charge in [0.05, 0.1) is 0 Å². The molecule has 0 aliphatic heterocycles. The van der Waals surface area contributed by atoms with Crippen LogP contribution in [0.25, 0.3) is 21.5 Å². The van der Waals surface area contributed by atoms with Crippen molar-refractivity contribution in [2.75, 3.05) is 18.0 Å². The summed E-state index contributed by atoms with van der Waals surface area (Å²) in [6.07, 6.45) is 36.9. The highest BCUT2D eigenvalue weighted by Crippen LogP contribution is 2.31. The lowest BCUT2D eigenvalue weighted by atomic mass is 10.0. The summed E-state index contributed by atoms with van der Waals surface area (Å²) in [5, 5.41) is 5.52. The van der Waals surface area contributed by atoms with E-state index in [4.69, 9.17) is 0 Å². The number of hydrogen-bond donors (Lipinski definition) is 0. The van der Waals surface area contributed by atoms with Crippen molar-refractivity contribution in [1.29, 1.82) is 0 Å². The Kier molecular flexibility index (Phi) is 20.9. The maximum absolute atomic E-state index is 2.74. The summed E-state index contributed by atoms with van der Waals surface area (Å²) in [5.74, 6) is 0. The van der Waals surface area contributed by atoms with Crippen molar-refractivity contribution in [2.45, 2.75) is 181 Å². The highest BCUT2D eigenvalue weighted by molar-refractivity contribution is 6.03. The van der Waals surface area contributed by atoms with Gasteiger partial charge in [0.2, 0.25) is 0 Å². The molecular formula is C44H71N. The third-order valence-electron chi connectivity index (χ3n) is 10.1. The number of rotatable bonds is 29. The molecule has 3 aromatic carbocycles. The zero-order valence-corrected chi connectivity index (χ0v) is 29.9. The van der Waals surface area contributed by atoms with Crippen LogP contribution in [0.2, 0.25) is 0 Å². The summed E-state index contributed by atoms with van der Waals surface area (Å²) in [7, 11) is 0. The summed E-state index contributed by atoms with van der Waals surface area (Å²) in [5.41, 5.74) is 1.45. The minimum Gasteiger partial charge on any atom is -0.371 e. The molecule has 0 heterocycles. The molecule has 0 saturated heterocycles. The summed E-state index contributed by atoms with van der Waals surface area (Å²) in [6, 6.07) is 20.7. The fraction of sp³-hybridized carbons (Fsp3) is 0.682. The fourth-order valence-electron chi connectivity index (χ4n) is 7.22. The Morgan fingerprint density at radius 3 is 1.13 bits per heavy atom. The Morgan fingerprint density at radius 2 is 0.711 bits per heavy atom. The van der Waals surface area contributed by atoms with E-state index in [1.807, 2.05) is 0 Å². The molecule has 0 atom stereocenters. The first-order valence-electron chi connectivity index (χ1n) is 20.0. The molecule has 0 radical (unpaired) electrons. The van der Waals surface area contributed by atoms with Crippen LogP contribution in [-0.2, 0) is 0 Å². The van der Waals surface area contributed by atoms with E-state index in [2.05, 4.69) is 73.3 Å². The molecule has 252 valence electrons. The molecule has 0 bridgehead atoms. The van der Waals surface area contributed by atoms with Gasteiger partial charge in [0.25, 0.3) is 0 Å². The molecule has 1 nitrogen and oxygen atoms in total. The molecule has 0 amide bonds. The third kappa shape index (κ3) is 15.9. The molecule has 3 rings (SSSR count). The minimum absolute atomic E-state index is 1.20. The Bertz CT molecular complexity index is 1120. The predicted molar refractivity (Wildman–Crippen MR) is 205 cm³/mol. The molecule has 1 heteroatoms. The second-order valence-corrected chi connectivity index (χ2v) is 14.2. The van der Waals surface area contributed by atoms with Gasteiger partial charge in [0.1, 0.15) is 0 Å².